The molecule has 2 rings (SSSR count). The summed E-state index contributed by atoms with van der Waals surface area (Å²) in [6, 6.07) is 3.83. The van der Waals surface area contributed by atoms with Crippen LogP contribution in [0.1, 0.15) is 0 Å². The molecule has 1 fully saturated rings. The summed E-state index contributed by atoms with van der Waals surface area (Å²) in [5.41, 5.74) is -0.0152. The molecule has 0 radical (unpaired) electrons. The summed E-state index contributed by atoms with van der Waals surface area (Å²) in [6.45, 7) is 2.43. The van der Waals surface area contributed by atoms with E-state index in [0.717, 1.165) is 16.9 Å². The molecule has 0 spiro atoms. The lowest BCUT2D eigenvalue weighted by atomic mass is 10.2. The number of morpholine rings is 1. The van der Waals surface area contributed by atoms with Gasteiger partial charge in [-0.05, 0) is 12.1 Å². The van der Waals surface area contributed by atoms with Gasteiger partial charge in [0.25, 0.3) is 5.69 Å². The van der Waals surface area contributed by atoms with E-state index in [4.69, 9.17) is 4.74 Å². The van der Waals surface area contributed by atoms with Crippen LogP contribution >= 0.6 is 0 Å². The minimum Gasteiger partial charge on any atom is -0.377 e. The van der Waals surface area contributed by atoms with Crippen molar-refractivity contribution in [1.29, 1.82) is 0 Å². The molecule has 1 aliphatic rings. The van der Waals surface area contributed by atoms with Gasteiger partial charge in [-0.1, -0.05) is 0 Å². The van der Waals surface area contributed by atoms with E-state index in [1.165, 1.54) is 26.2 Å². The number of nitro groups is 1. The van der Waals surface area contributed by atoms with Crippen LogP contribution < -0.4 is 10.6 Å². The first kappa shape index (κ1) is 17.6. The van der Waals surface area contributed by atoms with Crippen LogP contribution in [0.4, 0.5) is 11.4 Å². The number of hydrogen-bond acceptors (Lipinski definition) is 7. The highest BCUT2D eigenvalue weighted by Crippen LogP contribution is 2.28. The van der Waals surface area contributed by atoms with Gasteiger partial charge in [-0.3, -0.25) is 10.1 Å². The number of nitro benzene ring substituents is 1. The topological polar surface area (TPSA) is 114 Å². The standard InChI is InChI=1S/C13H20N4O5S/c1-16(2)23(20,21)11-3-4-12(13(7-11)17(18)19)15-9-10-8-14-5-6-22-10/h3-4,7,10,14-15H,5-6,8-9H2,1-2H3. The van der Waals surface area contributed by atoms with Gasteiger partial charge in [-0.25, -0.2) is 12.7 Å². The third kappa shape index (κ3) is 4.16. The summed E-state index contributed by atoms with van der Waals surface area (Å²) in [5.74, 6) is 0. The van der Waals surface area contributed by atoms with E-state index in [1.54, 1.807) is 0 Å². The lowest BCUT2D eigenvalue weighted by Gasteiger charge is -2.24. The highest BCUT2D eigenvalue weighted by molar-refractivity contribution is 7.89. The molecule has 0 aromatic heterocycles. The van der Waals surface area contributed by atoms with Crippen molar-refractivity contribution in [3.63, 3.8) is 0 Å². The van der Waals surface area contributed by atoms with Crippen LogP contribution in [0.3, 0.4) is 0 Å². The number of ether oxygens (including phenoxy) is 1. The van der Waals surface area contributed by atoms with Crippen LogP contribution in [0.2, 0.25) is 0 Å². The summed E-state index contributed by atoms with van der Waals surface area (Å²) in [6.07, 6.45) is -0.0893. The van der Waals surface area contributed by atoms with Gasteiger partial charge in [0.05, 0.1) is 22.5 Å². The fourth-order valence-electron chi connectivity index (χ4n) is 2.16. The van der Waals surface area contributed by atoms with E-state index < -0.39 is 14.9 Å². The van der Waals surface area contributed by atoms with Crippen LogP contribution in [0, 0.1) is 10.1 Å². The molecule has 0 amide bonds. The monoisotopic (exact) mass is 344 g/mol. The van der Waals surface area contributed by atoms with Crippen molar-refractivity contribution in [3.05, 3.63) is 28.3 Å². The Morgan fingerprint density at radius 1 is 1.48 bits per heavy atom. The van der Waals surface area contributed by atoms with Crippen molar-refractivity contribution in [2.75, 3.05) is 45.7 Å². The molecule has 1 aliphatic heterocycles. The van der Waals surface area contributed by atoms with E-state index in [9.17, 15) is 18.5 Å². The Kier molecular flexibility index (Phi) is 5.52. The molecule has 1 unspecified atom stereocenters. The normalized spacial score (nSPS) is 18.8. The molecule has 23 heavy (non-hydrogen) atoms. The summed E-state index contributed by atoms with van der Waals surface area (Å²) in [5, 5.41) is 17.4. The maximum Gasteiger partial charge on any atom is 0.293 e. The third-order valence-corrected chi connectivity index (χ3v) is 5.28. The highest BCUT2D eigenvalue weighted by atomic mass is 32.2. The van der Waals surface area contributed by atoms with Gasteiger partial charge < -0.3 is 15.4 Å². The third-order valence-electron chi connectivity index (χ3n) is 3.47. The summed E-state index contributed by atoms with van der Waals surface area (Å²) < 4.78 is 30.7. The van der Waals surface area contributed by atoms with Gasteiger partial charge in [0.2, 0.25) is 10.0 Å². The summed E-state index contributed by atoms with van der Waals surface area (Å²) >= 11 is 0. The second-order valence-electron chi connectivity index (χ2n) is 5.30. The lowest BCUT2D eigenvalue weighted by Crippen LogP contribution is -2.42. The van der Waals surface area contributed by atoms with Crippen molar-refractivity contribution in [3.8, 4) is 0 Å². The first-order valence-electron chi connectivity index (χ1n) is 7.09. The average molecular weight is 344 g/mol. The Hall–Kier alpha value is -1.75. The zero-order valence-corrected chi connectivity index (χ0v) is 13.8. The molecule has 1 aromatic rings. The predicted octanol–water partition coefficient (Wildman–Crippen LogP) is 0.245. The molecule has 1 aromatic carbocycles. The molecular weight excluding hydrogens is 324 g/mol. The zero-order valence-electron chi connectivity index (χ0n) is 13.0. The fourth-order valence-corrected chi connectivity index (χ4v) is 3.08. The Morgan fingerprint density at radius 3 is 2.78 bits per heavy atom. The minimum absolute atomic E-state index is 0.0893. The van der Waals surface area contributed by atoms with Crippen molar-refractivity contribution < 1.29 is 18.1 Å². The second-order valence-corrected chi connectivity index (χ2v) is 7.45. The number of hydrogen-bond donors (Lipinski definition) is 2. The van der Waals surface area contributed by atoms with Gasteiger partial charge in [0.15, 0.2) is 0 Å². The number of sulfonamides is 1. The Morgan fingerprint density at radius 2 is 2.22 bits per heavy atom. The quantitative estimate of drug-likeness (QED) is 0.561. The van der Waals surface area contributed by atoms with Gasteiger partial charge in [0.1, 0.15) is 5.69 Å². The maximum absolute atomic E-state index is 12.1. The molecule has 10 heteroatoms. The van der Waals surface area contributed by atoms with E-state index in [1.807, 2.05) is 0 Å². The number of nitrogens with zero attached hydrogens (tertiary/aromatic N) is 2. The van der Waals surface area contributed by atoms with E-state index in [0.29, 0.717) is 19.7 Å². The minimum atomic E-state index is -3.72. The van der Waals surface area contributed by atoms with Crippen molar-refractivity contribution in [2.24, 2.45) is 0 Å². The van der Waals surface area contributed by atoms with Crippen LogP contribution in [0.15, 0.2) is 23.1 Å². The summed E-state index contributed by atoms with van der Waals surface area (Å²) in [4.78, 5) is 10.5. The maximum atomic E-state index is 12.1. The molecule has 9 nitrogen and oxygen atoms in total. The first-order valence-corrected chi connectivity index (χ1v) is 8.53. The molecule has 0 saturated carbocycles. The molecule has 0 aliphatic carbocycles. The average Bonchev–Trinajstić information content (AvgIpc) is 2.53. The molecule has 1 saturated heterocycles. The Labute approximate surface area is 134 Å². The van der Waals surface area contributed by atoms with Crippen LogP contribution in [0.25, 0.3) is 0 Å². The second kappa shape index (κ2) is 7.21. The van der Waals surface area contributed by atoms with E-state index in [2.05, 4.69) is 10.6 Å². The Balaban J connectivity index is 2.21. The van der Waals surface area contributed by atoms with Gasteiger partial charge in [-0.2, -0.15) is 0 Å². The largest absolute Gasteiger partial charge is 0.377 e. The predicted molar refractivity (Wildman–Crippen MR) is 85.1 cm³/mol. The highest BCUT2D eigenvalue weighted by Gasteiger charge is 2.23. The van der Waals surface area contributed by atoms with Gasteiger partial charge >= 0.3 is 0 Å². The van der Waals surface area contributed by atoms with Crippen molar-refractivity contribution in [2.45, 2.75) is 11.0 Å². The van der Waals surface area contributed by atoms with Gasteiger partial charge in [0, 0.05) is 39.8 Å². The summed E-state index contributed by atoms with van der Waals surface area (Å²) in [7, 11) is -0.967. The Bertz CT molecular complexity index is 671. The van der Waals surface area contributed by atoms with Crippen molar-refractivity contribution >= 4 is 21.4 Å². The number of anilines is 1. The zero-order chi connectivity index (χ0) is 17.0. The van der Waals surface area contributed by atoms with E-state index >= 15 is 0 Å². The fraction of sp³-hybridized carbons (Fsp3) is 0.538. The smallest absolute Gasteiger partial charge is 0.293 e. The molecule has 2 N–H and O–H groups in total. The van der Waals surface area contributed by atoms with E-state index in [-0.39, 0.29) is 22.4 Å². The molecule has 128 valence electrons. The van der Waals surface area contributed by atoms with Crippen molar-refractivity contribution in [1.82, 2.24) is 9.62 Å². The molecular formula is C13H20N4O5S. The number of benzene rings is 1. The van der Waals surface area contributed by atoms with Gasteiger partial charge in [-0.15, -0.1) is 0 Å². The van der Waals surface area contributed by atoms with Crippen LogP contribution in [0.5, 0.6) is 0 Å². The SMILES string of the molecule is CN(C)S(=O)(=O)c1ccc(NCC2CNCCO2)c([N+](=O)[O-])c1. The number of nitrogens with one attached hydrogen (secondary N) is 2. The molecule has 1 heterocycles. The first-order chi connectivity index (χ1) is 10.8. The molecule has 0 bridgehead atoms. The lowest BCUT2D eigenvalue weighted by molar-refractivity contribution is -0.384. The molecule has 1 atom stereocenters. The van der Waals surface area contributed by atoms with Crippen LogP contribution in [-0.4, -0.2) is 64.1 Å². The number of rotatable bonds is 6. The van der Waals surface area contributed by atoms with Crippen LogP contribution in [-0.2, 0) is 14.8 Å².